The van der Waals surface area contributed by atoms with E-state index in [0.29, 0.717) is 11.9 Å². The maximum absolute atomic E-state index is 13.1. The summed E-state index contributed by atoms with van der Waals surface area (Å²) >= 11 is 0. The van der Waals surface area contributed by atoms with E-state index in [-0.39, 0.29) is 17.6 Å². The first kappa shape index (κ1) is 17.4. The molecule has 134 valence electrons. The molecule has 0 radical (unpaired) electrons. The summed E-state index contributed by atoms with van der Waals surface area (Å²) in [5, 5.41) is 8.41. The van der Waals surface area contributed by atoms with E-state index in [0.717, 1.165) is 31.4 Å². The van der Waals surface area contributed by atoms with Crippen LogP contribution in [-0.4, -0.2) is 34.8 Å². The molecule has 2 aromatic rings. The Balaban J connectivity index is 1.80. The van der Waals surface area contributed by atoms with Gasteiger partial charge in [-0.1, -0.05) is 19.3 Å². The Morgan fingerprint density at radius 2 is 1.68 bits per heavy atom. The molecule has 1 aliphatic carbocycles. The first-order valence-corrected chi connectivity index (χ1v) is 8.65. The van der Waals surface area contributed by atoms with Crippen molar-refractivity contribution in [2.24, 2.45) is 13.0 Å². The maximum atomic E-state index is 13.1. The Hall–Kier alpha value is -2.44. The van der Waals surface area contributed by atoms with E-state index in [1.165, 1.54) is 18.6 Å². The second-order valence-corrected chi connectivity index (χ2v) is 6.63. The average Bonchev–Trinajstić information content (AvgIpc) is 3.02. The highest BCUT2D eigenvalue weighted by atomic mass is 19.1. The van der Waals surface area contributed by atoms with Gasteiger partial charge in [0.25, 0.3) is 0 Å². The Morgan fingerprint density at radius 3 is 2.32 bits per heavy atom. The third-order valence-electron chi connectivity index (χ3n) is 4.93. The van der Waals surface area contributed by atoms with Crippen molar-refractivity contribution in [3.05, 3.63) is 30.1 Å². The van der Waals surface area contributed by atoms with E-state index in [2.05, 4.69) is 10.2 Å². The van der Waals surface area contributed by atoms with Crippen LogP contribution in [0.5, 0.6) is 0 Å². The van der Waals surface area contributed by atoms with Gasteiger partial charge in [0, 0.05) is 32.7 Å². The molecule has 1 heterocycles. The molecule has 0 saturated heterocycles. The van der Waals surface area contributed by atoms with E-state index in [1.54, 1.807) is 28.6 Å². The maximum Gasteiger partial charge on any atom is 0.234 e. The third kappa shape index (κ3) is 3.50. The minimum absolute atomic E-state index is 0.0775. The van der Waals surface area contributed by atoms with Crippen molar-refractivity contribution in [3.63, 3.8) is 0 Å². The van der Waals surface area contributed by atoms with Crippen molar-refractivity contribution in [1.29, 1.82) is 0 Å². The van der Waals surface area contributed by atoms with Gasteiger partial charge in [-0.25, -0.2) is 4.39 Å². The smallest absolute Gasteiger partial charge is 0.234 e. The van der Waals surface area contributed by atoms with Gasteiger partial charge in [0.2, 0.25) is 17.8 Å². The van der Waals surface area contributed by atoms with Gasteiger partial charge in [-0.15, -0.1) is 10.2 Å². The van der Waals surface area contributed by atoms with E-state index in [1.807, 2.05) is 19.0 Å². The van der Waals surface area contributed by atoms with Crippen molar-refractivity contribution >= 4 is 23.5 Å². The molecular weight excluding hydrogens is 321 g/mol. The lowest BCUT2D eigenvalue weighted by molar-refractivity contribution is -0.123. The van der Waals surface area contributed by atoms with Crippen molar-refractivity contribution in [1.82, 2.24) is 14.8 Å². The molecule has 0 N–H and O–H groups in total. The van der Waals surface area contributed by atoms with Crippen LogP contribution in [0.25, 0.3) is 0 Å². The molecule has 0 spiro atoms. The second kappa shape index (κ2) is 7.21. The van der Waals surface area contributed by atoms with Gasteiger partial charge < -0.3 is 4.90 Å². The summed E-state index contributed by atoms with van der Waals surface area (Å²) in [5.74, 6) is 0.998. The number of hydrogen-bond acceptors (Lipinski definition) is 4. The predicted molar refractivity (Wildman–Crippen MR) is 95.5 cm³/mol. The fourth-order valence-corrected chi connectivity index (χ4v) is 3.40. The first-order chi connectivity index (χ1) is 12.0. The average molecular weight is 345 g/mol. The number of hydrogen-bond donors (Lipinski definition) is 0. The largest absolute Gasteiger partial charge is 0.314 e. The summed E-state index contributed by atoms with van der Waals surface area (Å²) in [5.41, 5.74) is 0.796. The van der Waals surface area contributed by atoms with Gasteiger partial charge >= 0.3 is 0 Å². The second-order valence-electron chi connectivity index (χ2n) is 6.63. The highest BCUT2D eigenvalue weighted by Gasteiger charge is 2.28. The van der Waals surface area contributed by atoms with Gasteiger partial charge in [-0.2, -0.15) is 0 Å². The number of amides is 1. The van der Waals surface area contributed by atoms with Crippen LogP contribution in [-0.2, 0) is 11.8 Å². The van der Waals surface area contributed by atoms with Crippen molar-refractivity contribution in [2.75, 3.05) is 23.9 Å². The molecule has 1 amide bonds. The molecular formula is C18H24FN5O. The fraction of sp³-hybridized carbons (Fsp3) is 0.500. The zero-order chi connectivity index (χ0) is 18.0. The Morgan fingerprint density at radius 1 is 1.08 bits per heavy atom. The molecule has 6 nitrogen and oxygen atoms in total. The van der Waals surface area contributed by atoms with E-state index >= 15 is 0 Å². The number of aromatic nitrogens is 3. The lowest BCUT2D eigenvalue weighted by Gasteiger charge is -2.26. The zero-order valence-corrected chi connectivity index (χ0v) is 14.9. The van der Waals surface area contributed by atoms with Crippen molar-refractivity contribution in [2.45, 2.75) is 32.1 Å². The summed E-state index contributed by atoms with van der Waals surface area (Å²) in [6.45, 7) is 0. The normalized spacial score (nSPS) is 15.2. The van der Waals surface area contributed by atoms with Gasteiger partial charge in [-0.05, 0) is 37.1 Å². The number of anilines is 3. The van der Waals surface area contributed by atoms with Gasteiger partial charge in [-0.3, -0.25) is 14.3 Å². The van der Waals surface area contributed by atoms with Crippen LogP contribution in [0.2, 0.25) is 0 Å². The zero-order valence-electron chi connectivity index (χ0n) is 14.9. The minimum Gasteiger partial charge on any atom is -0.314 e. The highest BCUT2D eigenvalue weighted by Crippen LogP contribution is 2.28. The topological polar surface area (TPSA) is 54.3 Å². The van der Waals surface area contributed by atoms with Gasteiger partial charge in [0.15, 0.2) is 0 Å². The first-order valence-electron chi connectivity index (χ1n) is 8.65. The highest BCUT2D eigenvalue weighted by molar-refractivity contribution is 5.93. The molecule has 3 rings (SSSR count). The number of halogens is 1. The third-order valence-corrected chi connectivity index (χ3v) is 4.93. The van der Waals surface area contributed by atoms with Crippen LogP contribution in [0.4, 0.5) is 22.0 Å². The number of rotatable bonds is 4. The Kier molecular flexibility index (Phi) is 5.01. The quantitative estimate of drug-likeness (QED) is 0.853. The summed E-state index contributed by atoms with van der Waals surface area (Å²) < 4.78 is 14.9. The molecule has 0 aliphatic heterocycles. The van der Waals surface area contributed by atoms with E-state index < -0.39 is 0 Å². The molecule has 0 atom stereocenters. The molecule has 25 heavy (non-hydrogen) atoms. The van der Waals surface area contributed by atoms with Crippen molar-refractivity contribution < 1.29 is 9.18 Å². The number of nitrogens with zero attached hydrogens (tertiary/aromatic N) is 5. The molecule has 1 aromatic carbocycles. The summed E-state index contributed by atoms with van der Waals surface area (Å²) in [6, 6.07) is 6.17. The predicted octanol–water partition coefficient (Wildman–Crippen LogP) is 3.27. The van der Waals surface area contributed by atoms with Crippen LogP contribution in [0.3, 0.4) is 0 Å². The number of carbonyl (C=O) groups is 1. The summed E-state index contributed by atoms with van der Waals surface area (Å²) in [6.07, 6.45) is 5.33. The molecule has 0 unspecified atom stereocenters. The van der Waals surface area contributed by atoms with Gasteiger partial charge in [0.05, 0.1) is 0 Å². The Labute approximate surface area is 147 Å². The molecule has 0 bridgehead atoms. The van der Waals surface area contributed by atoms with Crippen LogP contribution in [0.1, 0.15) is 32.1 Å². The SMILES string of the molecule is CN(C(=O)C1CCCCC1)c1nnc(N(C)c2ccc(F)cc2)n1C. The molecule has 7 heteroatoms. The minimum atomic E-state index is -0.284. The molecule has 1 fully saturated rings. The molecule has 1 aliphatic rings. The number of benzene rings is 1. The number of carbonyl (C=O) groups excluding carboxylic acids is 1. The summed E-state index contributed by atoms with van der Waals surface area (Å²) in [4.78, 5) is 16.1. The van der Waals surface area contributed by atoms with Gasteiger partial charge in [0.1, 0.15) is 5.82 Å². The van der Waals surface area contributed by atoms with Crippen LogP contribution in [0, 0.1) is 11.7 Å². The monoisotopic (exact) mass is 345 g/mol. The van der Waals surface area contributed by atoms with Crippen LogP contribution in [0.15, 0.2) is 24.3 Å². The fourth-order valence-electron chi connectivity index (χ4n) is 3.40. The molecule has 1 saturated carbocycles. The van der Waals surface area contributed by atoms with Crippen molar-refractivity contribution in [3.8, 4) is 0 Å². The lowest BCUT2D eigenvalue weighted by atomic mass is 9.88. The van der Waals surface area contributed by atoms with E-state index in [4.69, 9.17) is 0 Å². The molecule has 1 aromatic heterocycles. The summed E-state index contributed by atoms with van der Waals surface area (Å²) in [7, 11) is 5.42. The standard InChI is InChI=1S/C18H24FN5O/c1-22(15-11-9-14(19)10-12-15)17-20-21-18(24(17)3)23(2)16(25)13-7-5-4-6-8-13/h9-13H,4-8H2,1-3H3. The van der Waals surface area contributed by atoms with Crippen LogP contribution >= 0.6 is 0 Å². The Bertz CT molecular complexity index is 736. The lowest BCUT2D eigenvalue weighted by Crippen LogP contribution is -2.35. The van der Waals surface area contributed by atoms with Crippen LogP contribution < -0.4 is 9.80 Å². The van der Waals surface area contributed by atoms with E-state index in [9.17, 15) is 9.18 Å².